The number of rotatable bonds is 6. The molecular formula is C24H19N3O3. The molecule has 0 aliphatic heterocycles. The molecule has 0 radical (unpaired) electrons. The van der Waals surface area contributed by atoms with E-state index in [4.69, 9.17) is 9.15 Å². The van der Waals surface area contributed by atoms with Gasteiger partial charge in [-0.1, -0.05) is 48.5 Å². The maximum absolute atomic E-state index is 12.4. The van der Waals surface area contributed by atoms with E-state index in [-0.39, 0.29) is 5.91 Å². The maximum Gasteiger partial charge on any atom is 0.250 e. The number of carbonyl (C=O) groups excluding carboxylic acids is 1. The summed E-state index contributed by atoms with van der Waals surface area (Å²) in [7, 11) is 1.60. The predicted octanol–water partition coefficient (Wildman–Crippen LogP) is 5.06. The SMILES string of the molecule is COc1cccc(-c2nnc(-c3ccccc3NC(=O)C=Cc3ccccc3)o2)c1. The van der Waals surface area contributed by atoms with Crippen LogP contribution in [0, 0.1) is 0 Å². The van der Waals surface area contributed by atoms with Crippen molar-refractivity contribution in [2.45, 2.75) is 0 Å². The summed E-state index contributed by atoms with van der Waals surface area (Å²) in [6.07, 6.45) is 3.24. The van der Waals surface area contributed by atoms with Crippen LogP contribution >= 0.6 is 0 Å². The van der Waals surface area contributed by atoms with E-state index in [2.05, 4.69) is 15.5 Å². The van der Waals surface area contributed by atoms with Gasteiger partial charge < -0.3 is 14.5 Å². The average molecular weight is 397 g/mol. The normalized spacial score (nSPS) is 10.8. The van der Waals surface area contributed by atoms with Crippen molar-refractivity contribution in [1.29, 1.82) is 0 Å². The van der Waals surface area contributed by atoms with Gasteiger partial charge in [-0.25, -0.2) is 0 Å². The fourth-order valence-electron chi connectivity index (χ4n) is 2.89. The predicted molar refractivity (Wildman–Crippen MR) is 116 cm³/mol. The van der Waals surface area contributed by atoms with Crippen molar-refractivity contribution in [3.05, 3.63) is 90.5 Å². The second-order valence-corrected chi connectivity index (χ2v) is 6.42. The summed E-state index contributed by atoms with van der Waals surface area (Å²) in [6, 6.07) is 24.3. The Balaban J connectivity index is 1.56. The smallest absolute Gasteiger partial charge is 0.250 e. The number of carbonyl (C=O) groups is 1. The highest BCUT2D eigenvalue weighted by Crippen LogP contribution is 2.30. The van der Waals surface area contributed by atoms with E-state index < -0.39 is 0 Å². The lowest BCUT2D eigenvalue weighted by atomic mass is 10.1. The minimum atomic E-state index is -0.251. The zero-order chi connectivity index (χ0) is 20.8. The Labute approximate surface area is 173 Å². The van der Waals surface area contributed by atoms with Gasteiger partial charge in [-0.05, 0) is 42.0 Å². The summed E-state index contributed by atoms with van der Waals surface area (Å²) in [5, 5.41) is 11.2. The highest BCUT2D eigenvalue weighted by atomic mass is 16.5. The van der Waals surface area contributed by atoms with E-state index in [1.807, 2.05) is 72.8 Å². The molecule has 0 bridgehead atoms. The Morgan fingerprint density at radius 3 is 2.53 bits per heavy atom. The van der Waals surface area contributed by atoms with E-state index in [1.54, 1.807) is 19.3 Å². The van der Waals surface area contributed by atoms with Gasteiger partial charge in [0, 0.05) is 11.6 Å². The first-order chi connectivity index (χ1) is 14.7. The van der Waals surface area contributed by atoms with Gasteiger partial charge in [-0.3, -0.25) is 4.79 Å². The number of anilines is 1. The van der Waals surface area contributed by atoms with Gasteiger partial charge >= 0.3 is 0 Å². The molecule has 0 saturated carbocycles. The fraction of sp³-hybridized carbons (Fsp3) is 0.0417. The van der Waals surface area contributed by atoms with Gasteiger partial charge in [0.15, 0.2) is 0 Å². The Hall–Kier alpha value is -4.19. The van der Waals surface area contributed by atoms with Crippen molar-refractivity contribution in [2.75, 3.05) is 12.4 Å². The number of methoxy groups -OCH3 is 1. The minimum absolute atomic E-state index is 0.251. The van der Waals surface area contributed by atoms with Crippen LogP contribution in [0.2, 0.25) is 0 Å². The van der Waals surface area contributed by atoms with Gasteiger partial charge in [0.1, 0.15) is 5.75 Å². The Bertz CT molecular complexity index is 1180. The number of amides is 1. The molecule has 4 aromatic rings. The molecule has 0 atom stereocenters. The van der Waals surface area contributed by atoms with Gasteiger partial charge in [-0.15, -0.1) is 10.2 Å². The first-order valence-electron chi connectivity index (χ1n) is 9.34. The van der Waals surface area contributed by atoms with Crippen molar-refractivity contribution in [3.63, 3.8) is 0 Å². The van der Waals surface area contributed by atoms with Crippen molar-refractivity contribution in [1.82, 2.24) is 10.2 Å². The van der Waals surface area contributed by atoms with Crippen LogP contribution < -0.4 is 10.1 Å². The largest absolute Gasteiger partial charge is 0.497 e. The molecule has 4 rings (SSSR count). The van der Waals surface area contributed by atoms with E-state index in [0.717, 1.165) is 11.1 Å². The zero-order valence-corrected chi connectivity index (χ0v) is 16.3. The maximum atomic E-state index is 12.4. The van der Waals surface area contributed by atoms with Gasteiger partial charge in [0.25, 0.3) is 0 Å². The third-order valence-electron chi connectivity index (χ3n) is 4.38. The summed E-state index contributed by atoms with van der Waals surface area (Å²) in [5.41, 5.74) is 2.92. The van der Waals surface area contributed by atoms with Crippen LogP contribution in [0.25, 0.3) is 29.0 Å². The molecule has 0 saturated heterocycles. The molecule has 6 heteroatoms. The molecular weight excluding hydrogens is 378 g/mol. The van der Waals surface area contributed by atoms with E-state index in [0.29, 0.717) is 28.8 Å². The van der Waals surface area contributed by atoms with Gasteiger partial charge in [-0.2, -0.15) is 0 Å². The topological polar surface area (TPSA) is 77.3 Å². The number of ether oxygens (including phenoxy) is 1. The molecule has 1 N–H and O–H groups in total. The lowest BCUT2D eigenvalue weighted by Gasteiger charge is -2.06. The lowest BCUT2D eigenvalue weighted by Crippen LogP contribution is -2.08. The number of nitrogens with one attached hydrogen (secondary N) is 1. The number of nitrogens with zero attached hydrogens (tertiary/aromatic N) is 2. The van der Waals surface area contributed by atoms with Crippen LogP contribution in [0.5, 0.6) is 5.75 Å². The van der Waals surface area contributed by atoms with Crippen LogP contribution in [0.1, 0.15) is 5.56 Å². The van der Waals surface area contributed by atoms with E-state index in [9.17, 15) is 4.79 Å². The van der Waals surface area contributed by atoms with E-state index in [1.165, 1.54) is 6.08 Å². The molecule has 1 heterocycles. The van der Waals surface area contributed by atoms with Crippen LogP contribution in [-0.4, -0.2) is 23.2 Å². The Kier molecular flexibility index (Phi) is 5.66. The van der Waals surface area contributed by atoms with E-state index >= 15 is 0 Å². The van der Waals surface area contributed by atoms with Crippen molar-refractivity contribution < 1.29 is 13.9 Å². The molecule has 6 nitrogen and oxygen atoms in total. The summed E-state index contributed by atoms with van der Waals surface area (Å²) >= 11 is 0. The second-order valence-electron chi connectivity index (χ2n) is 6.42. The van der Waals surface area contributed by atoms with Crippen molar-refractivity contribution in [3.8, 4) is 28.7 Å². The first kappa shape index (κ1) is 19.1. The third kappa shape index (κ3) is 4.44. The lowest BCUT2D eigenvalue weighted by molar-refractivity contribution is -0.111. The summed E-state index contributed by atoms with van der Waals surface area (Å²) < 4.78 is 11.1. The second kappa shape index (κ2) is 8.87. The number of hydrogen-bond acceptors (Lipinski definition) is 5. The number of para-hydroxylation sites is 1. The molecule has 0 fully saturated rings. The Morgan fingerprint density at radius 2 is 1.70 bits per heavy atom. The standard InChI is InChI=1S/C24H19N3O3/c1-29-19-11-7-10-18(16-19)23-26-27-24(30-23)20-12-5-6-13-21(20)25-22(28)15-14-17-8-3-2-4-9-17/h2-16H,1H3,(H,25,28). The van der Waals surface area contributed by atoms with Gasteiger partial charge in [0.2, 0.25) is 17.7 Å². The third-order valence-corrected chi connectivity index (χ3v) is 4.38. The Morgan fingerprint density at radius 1 is 0.933 bits per heavy atom. The quantitative estimate of drug-likeness (QED) is 0.460. The molecule has 148 valence electrons. The number of aromatic nitrogens is 2. The molecule has 0 spiro atoms. The summed E-state index contributed by atoms with van der Waals surface area (Å²) in [4.78, 5) is 12.4. The highest BCUT2D eigenvalue weighted by molar-refractivity contribution is 6.03. The molecule has 0 unspecified atom stereocenters. The number of hydrogen-bond donors (Lipinski definition) is 1. The summed E-state index contributed by atoms with van der Waals surface area (Å²) in [6.45, 7) is 0. The van der Waals surface area contributed by atoms with Crippen LogP contribution in [0.3, 0.4) is 0 Å². The molecule has 0 aliphatic carbocycles. The molecule has 1 aromatic heterocycles. The molecule has 3 aromatic carbocycles. The van der Waals surface area contributed by atoms with Crippen molar-refractivity contribution >= 4 is 17.7 Å². The van der Waals surface area contributed by atoms with Gasteiger partial charge in [0.05, 0.1) is 18.4 Å². The average Bonchev–Trinajstić information content (AvgIpc) is 3.29. The first-order valence-corrected chi connectivity index (χ1v) is 9.34. The van der Waals surface area contributed by atoms with Crippen molar-refractivity contribution in [2.24, 2.45) is 0 Å². The fourth-order valence-corrected chi connectivity index (χ4v) is 2.89. The zero-order valence-electron chi connectivity index (χ0n) is 16.3. The summed E-state index contributed by atoms with van der Waals surface area (Å²) in [5.74, 6) is 1.13. The molecule has 1 amide bonds. The molecule has 0 aliphatic rings. The van der Waals surface area contributed by atoms with Crippen LogP contribution in [-0.2, 0) is 4.79 Å². The number of benzene rings is 3. The molecule has 30 heavy (non-hydrogen) atoms. The minimum Gasteiger partial charge on any atom is -0.497 e. The highest BCUT2D eigenvalue weighted by Gasteiger charge is 2.15. The van der Waals surface area contributed by atoms with Crippen LogP contribution in [0.15, 0.2) is 89.4 Å². The van der Waals surface area contributed by atoms with Crippen LogP contribution in [0.4, 0.5) is 5.69 Å². The monoisotopic (exact) mass is 397 g/mol.